The monoisotopic (exact) mass is 339 g/mol. The normalized spacial score (nSPS) is 21.7. The summed E-state index contributed by atoms with van der Waals surface area (Å²) in [5, 5.41) is 12.0. The summed E-state index contributed by atoms with van der Waals surface area (Å²) in [6.45, 7) is 1.87. The van der Waals surface area contributed by atoms with Gasteiger partial charge in [0.05, 0.1) is 13.7 Å². The fourth-order valence-corrected chi connectivity index (χ4v) is 3.61. The van der Waals surface area contributed by atoms with Gasteiger partial charge in [-0.2, -0.15) is 11.8 Å². The number of rotatable bonds is 7. The van der Waals surface area contributed by atoms with Crippen molar-refractivity contribution < 1.29 is 24.2 Å². The number of ether oxygens (including phenoxy) is 2. The maximum Gasteiger partial charge on any atom is 0.330 e. The van der Waals surface area contributed by atoms with Crippen molar-refractivity contribution >= 4 is 23.6 Å². The zero-order valence-corrected chi connectivity index (χ0v) is 14.0. The van der Waals surface area contributed by atoms with E-state index in [1.54, 1.807) is 14.0 Å². The molecule has 1 aromatic rings. The minimum Gasteiger partial charge on any atom is -0.497 e. The van der Waals surface area contributed by atoms with Crippen molar-refractivity contribution in [3.05, 3.63) is 29.8 Å². The SMILES string of the molecule is COc1cccc(COC(C)C(=O)NC2(C(=O)O)CCSC2)c1. The third kappa shape index (κ3) is 4.39. The topological polar surface area (TPSA) is 84.9 Å². The lowest BCUT2D eigenvalue weighted by Gasteiger charge is -2.26. The van der Waals surface area contributed by atoms with Crippen LogP contribution in [0.25, 0.3) is 0 Å². The molecule has 2 unspecified atom stereocenters. The molecule has 1 aliphatic rings. The van der Waals surface area contributed by atoms with Crippen molar-refractivity contribution in [2.75, 3.05) is 18.6 Å². The number of benzene rings is 1. The van der Waals surface area contributed by atoms with Crippen LogP contribution in [-0.2, 0) is 20.9 Å². The molecule has 1 aromatic carbocycles. The van der Waals surface area contributed by atoms with Crippen molar-refractivity contribution in [1.82, 2.24) is 5.32 Å². The molecule has 0 bridgehead atoms. The van der Waals surface area contributed by atoms with Crippen molar-refractivity contribution in [1.29, 1.82) is 0 Å². The van der Waals surface area contributed by atoms with Crippen LogP contribution in [0.3, 0.4) is 0 Å². The van der Waals surface area contributed by atoms with Crippen LogP contribution < -0.4 is 10.1 Å². The van der Waals surface area contributed by atoms with Crippen LogP contribution in [0.2, 0.25) is 0 Å². The van der Waals surface area contributed by atoms with Crippen LogP contribution in [0.1, 0.15) is 18.9 Å². The van der Waals surface area contributed by atoms with Crippen molar-refractivity contribution in [2.45, 2.75) is 31.6 Å². The van der Waals surface area contributed by atoms with Gasteiger partial charge < -0.3 is 19.9 Å². The van der Waals surface area contributed by atoms with Crippen LogP contribution in [0.5, 0.6) is 5.75 Å². The Bertz CT molecular complexity index is 571. The second-order valence-electron chi connectivity index (χ2n) is 5.48. The van der Waals surface area contributed by atoms with Gasteiger partial charge in [-0.25, -0.2) is 4.79 Å². The fourth-order valence-electron chi connectivity index (χ4n) is 2.28. The molecule has 1 heterocycles. The van der Waals surface area contributed by atoms with E-state index in [1.165, 1.54) is 11.8 Å². The Balaban J connectivity index is 1.90. The summed E-state index contributed by atoms with van der Waals surface area (Å²) in [6.07, 6.45) is -0.301. The van der Waals surface area contributed by atoms with Crippen LogP contribution >= 0.6 is 11.8 Å². The number of carbonyl (C=O) groups excluding carboxylic acids is 1. The Kier molecular flexibility index (Phi) is 5.90. The van der Waals surface area contributed by atoms with E-state index in [1.807, 2.05) is 24.3 Å². The molecule has 0 spiro atoms. The van der Waals surface area contributed by atoms with Gasteiger partial charge in [-0.1, -0.05) is 12.1 Å². The molecule has 6 nitrogen and oxygen atoms in total. The first-order valence-corrected chi connectivity index (χ1v) is 8.50. The summed E-state index contributed by atoms with van der Waals surface area (Å²) in [5.74, 6) is 0.437. The molecule has 1 saturated heterocycles. The summed E-state index contributed by atoms with van der Waals surface area (Å²) >= 11 is 1.53. The number of carboxylic acid groups (broad SMARTS) is 1. The molecule has 2 rings (SSSR count). The van der Waals surface area contributed by atoms with E-state index in [4.69, 9.17) is 9.47 Å². The molecular formula is C16H21NO5S. The highest BCUT2D eigenvalue weighted by molar-refractivity contribution is 7.99. The molecule has 1 amide bonds. The number of carbonyl (C=O) groups is 2. The molecule has 7 heteroatoms. The lowest BCUT2D eigenvalue weighted by atomic mass is 9.99. The van der Waals surface area contributed by atoms with E-state index in [2.05, 4.69) is 5.32 Å². The molecule has 0 aromatic heterocycles. The smallest absolute Gasteiger partial charge is 0.330 e. The predicted molar refractivity (Wildman–Crippen MR) is 87.7 cm³/mol. The lowest BCUT2D eigenvalue weighted by Crippen LogP contribution is -2.57. The molecule has 0 saturated carbocycles. The highest BCUT2D eigenvalue weighted by Gasteiger charge is 2.43. The van der Waals surface area contributed by atoms with Gasteiger partial charge in [0.2, 0.25) is 5.91 Å². The van der Waals surface area contributed by atoms with Gasteiger partial charge >= 0.3 is 5.97 Å². The van der Waals surface area contributed by atoms with Gasteiger partial charge in [0.25, 0.3) is 0 Å². The van der Waals surface area contributed by atoms with Crippen LogP contribution in [0.15, 0.2) is 24.3 Å². The molecular weight excluding hydrogens is 318 g/mol. The minimum atomic E-state index is -1.17. The predicted octanol–water partition coefficient (Wildman–Crippen LogP) is 1.68. The quantitative estimate of drug-likeness (QED) is 0.786. The maximum absolute atomic E-state index is 12.2. The first-order chi connectivity index (χ1) is 11.0. The zero-order chi connectivity index (χ0) is 16.9. The standard InChI is InChI=1S/C16H21NO5S/c1-11(22-9-12-4-3-5-13(8-12)21-2)14(18)17-16(15(19)20)6-7-23-10-16/h3-5,8,11H,6-7,9-10H2,1-2H3,(H,17,18)(H,19,20). The third-order valence-electron chi connectivity index (χ3n) is 3.80. The lowest BCUT2D eigenvalue weighted by molar-refractivity contribution is -0.148. The van der Waals surface area contributed by atoms with Gasteiger partial charge in [0.15, 0.2) is 0 Å². The molecule has 0 aliphatic carbocycles. The van der Waals surface area contributed by atoms with E-state index in [0.717, 1.165) is 17.1 Å². The highest BCUT2D eigenvalue weighted by atomic mass is 32.2. The van der Waals surface area contributed by atoms with E-state index in [-0.39, 0.29) is 6.61 Å². The molecule has 1 aliphatic heterocycles. The average molecular weight is 339 g/mol. The number of aliphatic carboxylic acids is 1. The first kappa shape index (κ1) is 17.6. The van der Waals surface area contributed by atoms with Crippen LogP contribution in [-0.4, -0.2) is 47.2 Å². The minimum absolute atomic E-state index is 0.251. The van der Waals surface area contributed by atoms with E-state index in [9.17, 15) is 14.7 Å². The second-order valence-corrected chi connectivity index (χ2v) is 6.59. The molecule has 2 N–H and O–H groups in total. The maximum atomic E-state index is 12.2. The first-order valence-electron chi connectivity index (χ1n) is 7.34. The number of carboxylic acids is 1. The summed E-state index contributed by atoms with van der Waals surface area (Å²) in [6, 6.07) is 7.38. The van der Waals surface area contributed by atoms with Gasteiger partial charge in [-0.3, -0.25) is 4.79 Å². The Labute approximate surface area is 139 Å². The Morgan fingerprint density at radius 1 is 1.48 bits per heavy atom. The Morgan fingerprint density at radius 2 is 2.26 bits per heavy atom. The van der Waals surface area contributed by atoms with Gasteiger partial charge in [0.1, 0.15) is 17.4 Å². The number of hydrogen-bond donors (Lipinski definition) is 2. The van der Waals surface area contributed by atoms with Gasteiger partial charge in [-0.05, 0) is 36.8 Å². The van der Waals surface area contributed by atoms with E-state index in [0.29, 0.717) is 12.2 Å². The van der Waals surface area contributed by atoms with E-state index < -0.39 is 23.5 Å². The number of amides is 1. The molecule has 126 valence electrons. The largest absolute Gasteiger partial charge is 0.497 e. The fraction of sp³-hybridized carbons (Fsp3) is 0.500. The zero-order valence-electron chi connectivity index (χ0n) is 13.2. The van der Waals surface area contributed by atoms with Crippen molar-refractivity contribution in [3.63, 3.8) is 0 Å². The second kappa shape index (κ2) is 7.70. The summed E-state index contributed by atoms with van der Waals surface area (Å²) in [4.78, 5) is 23.7. The third-order valence-corrected chi connectivity index (χ3v) is 4.99. The number of methoxy groups -OCH3 is 1. The number of thioether (sulfide) groups is 1. The van der Waals surface area contributed by atoms with Crippen molar-refractivity contribution in [2.24, 2.45) is 0 Å². The van der Waals surface area contributed by atoms with E-state index >= 15 is 0 Å². The van der Waals surface area contributed by atoms with Crippen molar-refractivity contribution in [3.8, 4) is 5.75 Å². The van der Waals surface area contributed by atoms with Crippen LogP contribution in [0, 0.1) is 0 Å². The molecule has 2 atom stereocenters. The summed E-state index contributed by atoms with van der Waals surface area (Å²) in [7, 11) is 1.58. The summed E-state index contributed by atoms with van der Waals surface area (Å²) < 4.78 is 10.7. The highest BCUT2D eigenvalue weighted by Crippen LogP contribution is 2.28. The van der Waals surface area contributed by atoms with Gasteiger partial charge in [0, 0.05) is 5.75 Å². The Hall–Kier alpha value is -1.73. The number of hydrogen-bond acceptors (Lipinski definition) is 5. The summed E-state index contributed by atoms with van der Waals surface area (Å²) in [5.41, 5.74) is -0.289. The molecule has 1 fully saturated rings. The van der Waals surface area contributed by atoms with Crippen LogP contribution in [0.4, 0.5) is 0 Å². The molecule has 0 radical (unpaired) electrons. The van der Waals surface area contributed by atoms with Gasteiger partial charge in [-0.15, -0.1) is 0 Å². The number of nitrogens with one attached hydrogen (secondary N) is 1. The average Bonchev–Trinajstić information content (AvgIpc) is 3.02. The Morgan fingerprint density at radius 3 is 2.87 bits per heavy atom. The molecule has 23 heavy (non-hydrogen) atoms.